The van der Waals surface area contributed by atoms with E-state index in [0.29, 0.717) is 27.7 Å². The van der Waals surface area contributed by atoms with E-state index < -0.39 is 5.91 Å². The zero-order valence-corrected chi connectivity index (χ0v) is 14.5. The number of nitrogens with one attached hydrogen (secondary N) is 2. The van der Waals surface area contributed by atoms with Gasteiger partial charge in [-0.3, -0.25) is 9.59 Å². The van der Waals surface area contributed by atoms with Crippen LogP contribution in [0.2, 0.25) is 5.02 Å². The predicted molar refractivity (Wildman–Crippen MR) is 99.1 cm³/mol. The van der Waals surface area contributed by atoms with Crippen molar-refractivity contribution < 1.29 is 18.7 Å². The molecule has 3 aromatic rings. The number of carbonyl (C=O) groups excluding carboxylic acids is 2. The second-order valence-electron chi connectivity index (χ2n) is 5.31. The molecule has 1 heterocycles. The van der Waals surface area contributed by atoms with Crippen molar-refractivity contribution in [3.8, 4) is 5.75 Å². The molecule has 3 rings (SSSR count). The summed E-state index contributed by atoms with van der Waals surface area (Å²) in [6.07, 6.45) is 1.42. The predicted octanol–water partition coefficient (Wildman–Crippen LogP) is 4.45. The monoisotopic (exact) mass is 370 g/mol. The van der Waals surface area contributed by atoms with Crippen molar-refractivity contribution in [2.75, 3.05) is 17.7 Å². The maximum absolute atomic E-state index is 12.3. The summed E-state index contributed by atoms with van der Waals surface area (Å²) in [5.74, 6) is -0.0895. The molecule has 0 bridgehead atoms. The fourth-order valence-electron chi connectivity index (χ4n) is 2.27. The number of halogens is 1. The largest absolute Gasteiger partial charge is 0.494 e. The van der Waals surface area contributed by atoms with E-state index in [1.54, 1.807) is 54.6 Å². The highest BCUT2D eigenvalue weighted by molar-refractivity contribution is 6.30. The van der Waals surface area contributed by atoms with Gasteiger partial charge in [-0.25, -0.2) is 0 Å². The second-order valence-corrected chi connectivity index (χ2v) is 5.74. The molecule has 7 heteroatoms. The van der Waals surface area contributed by atoms with E-state index in [9.17, 15) is 9.59 Å². The molecule has 2 amide bonds. The Labute approximate surface area is 154 Å². The first kappa shape index (κ1) is 17.6. The Morgan fingerprint density at radius 3 is 2.42 bits per heavy atom. The number of furan rings is 1. The van der Waals surface area contributed by atoms with Gasteiger partial charge in [0.15, 0.2) is 5.76 Å². The summed E-state index contributed by atoms with van der Waals surface area (Å²) in [5, 5.41) is 6.02. The minimum Gasteiger partial charge on any atom is -0.494 e. The molecule has 26 heavy (non-hydrogen) atoms. The summed E-state index contributed by atoms with van der Waals surface area (Å²) in [6, 6.07) is 14.6. The Bertz CT molecular complexity index is 921. The number of rotatable bonds is 5. The topological polar surface area (TPSA) is 80.6 Å². The van der Waals surface area contributed by atoms with Crippen molar-refractivity contribution in [1.29, 1.82) is 0 Å². The van der Waals surface area contributed by atoms with E-state index in [-0.39, 0.29) is 11.7 Å². The third-order valence-corrected chi connectivity index (χ3v) is 3.81. The lowest BCUT2D eigenvalue weighted by molar-refractivity contribution is 0.0994. The van der Waals surface area contributed by atoms with Crippen LogP contribution in [0.25, 0.3) is 0 Å². The van der Waals surface area contributed by atoms with Gasteiger partial charge in [-0.1, -0.05) is 11.6 Å². The fourth-order valence-corrected chi connectivity index (χ4v) is 2.39. The summed E-state index contributed by atoms with van der Waals surface area (Å²) in [7, 11) is 1.47. The lowest BCUT2D eigenvalue weighted by Crippen LogP contribution is -2.13. The third-order valence-electron chi connectivity index (χ3n) is 3.56. The fraction of sp³-hybridized carbons (Fsp3) is 0.0526. The molecule has 2 N–H and O–H groups in total. The Kier molecular flexibility index (Phi) is 5.24. The first-order chi connectivity index (χ1) is 12.6. The van der Waals surface area contributed by atoms with Crippen molar-refractivity contribution in [3.05, 3.63) is 77.2 Å². The number of ether oxygens (including phenoxy) is 1. The van der Waals surface area contributed by atoms with Crippen LogP contribution in [0.1, 0.15) is 20.9 Å². The quantitative estimate of drug-likeness (QED) is 0.695. The molecule has 0 aliphatic heterocycles. The molecule has 0 unspecified atom stereocenters. The van der Waals surface area contributed by atoms with E-state index >= 15 is 0 Å². The molecule has 6 nitrogen and oxygen atoms in total. The normalized spacial score (nSPS) is 10.2. The molecule has 0 spiro atoms. The molecule has 0 radical (unpaired) electrons. The first-order valence-corrected chi connectivity index (χ1v) is 8.04. The highest BCUT2D eigenvalue weighted by Crippen LogP contribution is 2.28. The molecular formula is C19H15ClN2O4. The summed E-state index contributed by atoms with van der Waals surface area (Å²) in [6.45, 7) is 0. The number of benzene rings is 2. The number of amides is 2. The standard InChI is InChI=1S/C19H15ClN2O4/c1-25-17-11-14(21-18(23)12-4-6-13(20)7-5-12)8-9-15(17)22-19(24)16-3-2-10-26-16/h2-11H,1H3,(H,21,23)(H,22,24). The number of methoxy groups -OCH3 is 1. The Balaban J connectivity index is 1.74. The van der Waals surface area contributed by atoms with Gasteiger partial charge in [-0.05, 0) is 48.5 Å². The number of carbonyl (C=O) groups is 2. The molecule has 0 saturated heterocycles. The van der Waals surface area contributed by atoms with Crippen LogP contribution in [0, 0.1) is 0 Å². The van der Waals surface area contributed by atoms with Crippen molar-refractivity contribution in [2.45, 2.75) is 0 Å². The number of anilines is 2. The van der Waals surface area contributed by atoms with Crippen LogP contribution in [0.15, 0.2) is 65.3 Å². The van der Waals surface area contributed by atoms with Crippen LogP contribution in [-0.2, 0) is 0 Å². The first-order valence-electron chi connectivity index (χ1n) is 7.66. The van der Waals surface area contributed by atoms with E-state index in [1.165, 1.54) is 13.4 Å². The van der Waals surface area contributed by atoms with E-state index in [2.05, 4.69) is 10.6 Å². The SMILES string of the molecule is COc1cc(NC(=O)c2ccc(Cl)cc2)ccc1NC(=O)c1ccco1. The number of hydrogen-bond donors (Lipinski definition) is 2. The summed E-state index contributed by atoms with van der Waals surface area (Å²) in [5.41, 5.74) is 1.46. The van der Waals surface area contributed by atoms with Gasteiger partial charge in [0.1, 0.15) is 5.75 Å². The smallest absolute Gasteiger partial charge is 0.291 e. The molecule has 2 aromatic carbocycles. The Morgan fingerprint density at radius 2 is 1.77 bits per heavy atom. The van der Waals surface area contributed by atoms with Gasteiger partial charge < -0.3 is 19.8 Å². The van der Waals surface area contributed by atoms with Crippen LogP contribution in [0.3, 0.4) is 0 Å². The van der Waals surface area contributed by atoms with Crippen LogP contribution in [0.4, 0.5) is 11.4 Å². The lowest BCUT2D eigenvalue weighted by Gasteiger charge is -2.12. The average molecular weight is 371 g/mol. The van der Waals surface area contributed by atoms with Crippen LogP contribution in [0.5, 0.6) is 5.75 Å². The molecule has 132 valence electrons. The molecular weight excluding hydrogens is 356 g/mol. The average Bonchev–Trinajstić information content (AvgIpc) is 3.18. The van der Waals surface area contributed by atoms with Gasteiger partial charge in [0.05, 0.1) is 19.1 Å². The van der Waals surface area contributed by atoms with Gasteiger partial charge in [0, 0.05) is 22.3 Å². The zero-order chi connectivity index (χ0) is 18.5. The third kappa shape index (κ3) is 4.04. The van der Waals surface area contributed by atoms with Crippen LogP contribution >= 0.6 is 11.6 Å². The Morgan fingerprint density at radius 1 is 1.00 bits per heavy atom. The van der Waals surface area contributed by atoms with Crippen molar-refractivity contribution in [3.63, 3.8) is 0 Å². The van der Waals surface area contributed by atoms with Crippen LogP contribution < -0.4 is 15.4 Å². The van der Waals surface area contributed by atoms with E-state index in [4.69, 9.17) is 20.8 Å². The van der Waals surface area contributed by atoms with Gasteiger partial charge >= 0.3 is 0 Å². The second kappa shape index (κ2) is 7.76. The summed E-state index contributed by atoms with van der Waals surface area (Å²) in [4.78, 5) is 24.3. The highest BCUT2D eigenvalue weighted by Gasteiger charge is 2.13. The minimum absolute atomic E-state index is 0.187. The maximum atomic E-state index is 12.3. The molecule has 0 saturated carbocycles. The number of hydrogen-bond acceptors (Lipinski definition) is 4. The summed E-state index contributed by atoms with van der Waals surface area (Å²) >= 11 is 5.82. The lowest BCUT2D eigenvalue weighted by atomic mass is 10.2. The highest BCUT2D eigenvalue weighted by atomic mass is 35.5. The molecule has 1 aromatic heterocycles. The van der Waals surface area contributed by atoms with Gasteiger partial charge in [-0.2, -0.15) is 0 Å². The summed E-state index contributed by atoms with van der Waals surface area (Å²) < 4.78 is 10.3. The zero-order valence-electron chi connectivity index (χ0n) is 13.8. The molecule has 0 aliphatic carbocycles. The Hall–Kier alpha value is -3.25. The van der Waals surface area contributed by atoms with E-state index in [1.807, 2.05) is 0 Å². The minimum atomic E-state index is -0.397. The van der Waals surface area contributed by atoms with Crippen LogP contribution in [-0.4, -0.2) is 18.9 Å². The molecule has 0 atom stereocenters. The molecule has 0 aliphatic rings. The van der Waals surface area contributed by atoms with E-state index in [0.717, 1.165) is 0 Å². The van der Waals surface area contributed by atoms with Gasteiger partial charge in [-0.15, -0.1) is 0 Å². The molecule has 0 fully saturated rings. The van der Waals surface area contributed by atoms with Crippen molar-refractivity contribution >= 4 is 34.8 Å². The maximum Gasteiger partial charge on any atom is 0.291 e. The van der Waals surface area contributed by atoms with Crippen molar-refractivity contribution in [1.82, 2.24) is 0 Å². The van der Waals surface area contributed by atoms with Crippen molar-refractivity contribution in [2.24, 2.45) is 0 Å². The van der Waals surface area contributed by atoms with Gasteiger partial charge in [0.2, 0.25) is 0 Å². The van der Waals surface area contributed by atoms with Gasteiger partial charge in [0.25, 0.3) is 11.8 Å².